The summed E-state index contributed by atoms with van der Waals surface area (Å²) in [4.78, 5) is 0. The van der Waals surface area contributed by atoms with Crippen molar-refractivity contribution in [3.8, 4) is 18.2 Å². The second-order valence-corrected chi connectivity index (χ2v) is 7.80. The predicted molar refractivity (Wildman–Crippen MR) is 98.6 cm³/mol. The highest BCUT2D eigenvalue weighted by Gasteiger charge is 2.54. The second kappa shape index (κ2) is 6.66. The van der Waals surface area contributed by atoms with Crippen LogP contribution in [-0.2, 0) is 0 Å². The van der Waals surface area contributed by atoms with Gasteiger partial charge >= 0.3 is 0 Å². The number of benzene rings is 1. The van der Waals surface area contributed by atoms with Gasteiger partial charge in [-0.25, -0.2) is 0 Å². The molecule has 0 aromatic heterocycles. The Morgan fingerprint density at radius 1 is 1.20 bits per heavy atom. The summed E-state index contributed by atoms with van der Waals surface area (Å²) < 4.78 is 0. The van der Waals surface area contributed by atoms with Crippen molar-refractivity contribution in [1.29, 1.82) is 15.8 Å². The Balaban J connectivity index is 2.36. The zero-order valence-corrected chi connectivity index (χ0v) is 15.3. The molecule has 4 nitrogen and oxygen atoms in total. The standard InChI is InChI=1S/C18H12Cl2N4S/c19-10-1-2-12(15(20)5-10)16-14-7-25-4-3-11(14)13(6-21)17(24)18(16,8-22)9-23/h1-3,5,14,16H,4,7,24H2/t14-,16-/m0/s1. The van der Waals surface area contributed by atoms with Crippen molar-refractivity contribution in [2.45, 2.75) is 5.92 Å². The van der Waals surface area contributed by atoms with E-state index in [4.69, 9.17) is 28.9 Å². The number of nitrogens with two attached hydrogens (primary N) is 1. The van der Waals surface area contributed by atoms with Gasteiger partial charge in [0.1, 0.15) is 6.07 Å². The monoisotopic (exact) mass is 386 g/mol. The van der Waals surface area contributed by atoms with Crippen molar-refractivity contribution in [3.05, 3.63) is 56.7 Å². The van der Waals surface area contributed by atoms with Crippen LogP contribution in [0.15, 0.2) is 41.1 Å². The number of thioether (sulfide) groups is 1. The number of fused-ring (bicyclic) bond motifs is 1. The average Bonchev–Trinajstić information content (AvgIpc) is 2.62. The number of halogens is 2. The van der Waals surface area contributed by atoms with E-state index in [-0.39, 0.29) is 17.2 Å². The largest absolute Gasteiger partial charge is 0.399 e. The highest BCUT2D eigenvalue weighted by molar-refractivity contribution is 7.99. The average molecular weight is 387 g/mol. The number of rotatable bonds is 1. The van der Waals surface area contributed by atoms with Crippen molar-refractivity contribution in [2.75, 3.05) is 11.5 Å². The second-order valence-electron chi connectivity index (χ2n) is 5.88. The minimum atomic E-state index is -1.65. The first-order valence-electron chi connectivity index (χ1n) is 7.46. The molecule has 2 N–H and O–H groups in total. The summed E-state index contributed by atoms with van der Waals surface area (Å²) in [5.74, 6) is 0.679. The molecule has 0 spiro atoms. The molecule has 1 aliphatic heterocycles. The third-order valence-electron chi connectivity index (χ3n) is 4.73. The van der Waals surface area contributed by atoms with E-state index >= 15 is 0 Å². The fraction of sp³-hybridized carbons (Fsp3) is 0.278. The topological polar surface area (TPSA) is 97.4 Å². The molecule has 0 bridgehead atoms. The minimum Gasteiger partial charge on any atom is -0.399 e. The molecule has 0 amide bonds. The summed E-state index contributed by atoms with van der Waals surface area (Å²) in [6.45, 7) is 0. The van der Waals surface area contributed by atoms with E-state index < -0.39 is 11.3 Å². The molecule has 1 aromatic carbocycles. The third-order valence-corrected chi connectivity index (χ3v) is 6.29. The summed E-state index contributed by atoms with van der Waals surface area (Å²) in [5.41, 5.74) is 6.25. The van der Waals surface area contributed by atoms with Crippen LogP contribution in [0.5, 0.6) is 0 Å². The molecule has 1 aliphatic carbocycles. The molecule has 1 heterocycles. The van der Waals surface area contributed by atoms with E-state index in [0.717, 1.165) is 11.3 Å². The number of hydrogen-bond acceptors (Lipinski definition) is 5. The molecule has 0 fully saturated rings. The zero-order chi connectivity index (χ0) is 18.2. The lowest BCUT2D eigenvalue weighted by molar-refractivity contribution is 0.368. The Hall–Kier alpha value is -2.10. The lowest BCUT2D eigenvalue weighted by Crippen LogP contribution is -2.43. The van der Waals surface area contributed by atoms with Gasteiger partial charge in [0, 0.05) is 33.4 Å². The van der Waals surface area contributed by atoms with Gasteiger partial charge in [-0.3, -0.25) is 0 Å². The molecule has 2 atom stereocenters. The van der Waals surface area contributed by atoms with Gasteiger partial charge in [0.2, 0.25) is 0 Å². The first kappa shape index (κ1) is 17.7. The smallest absolute Gasteiger partial charge is 0.191 e. The van der Waals surface area contributed by atoms with Crippen LogP contribution in [-0.4, -0.2) is 11.5 Å². The quantitative estimate of drug-likeness (QED) is 0.781. The van der Waals surface area contributed by atoms with Crippen molar-refractivity contribution in [3.63, 3.8) is 0 Å². The Morgan fingerprint density at radius 3 is 2.52 bits per heavy atom. The summed E-state index contributed by atoms with van der Waals surface area (Å²) in [6.07, 6.45) is 1.96. The number of hydrogen-bond donors (Lipinski definition) is 1. The van der Waals surface area contributed by atoms with Gasteiger partial charge in [-0.05, 0) is 23.3 Å². The molecule has 0 radical (unpaired) electrons. The van der Waals surface area contributed by atoms with E-state index in [9.17, 15) is 15.8 Å². The lowest BCUT2D eigenvalue weighted by atomic mass is 9.59. The molecule has 3 rings (SSSR count). The molecule has 0 saturated carbocycles. The van der Waals surface area contributed by atoms with Crippen LogP contribution in [0.2, 0.25) is 10.0 Å². The maximum absolute atomic E-state index is 9.90. The first-order valence-corrected chi connectivity index (χ1v) is 9.37. The maximum Gasteiger partial charge on any atom is 0.191 e. The Bertz CT molecular complexity index is 916. The normalized spacial score (nSPS) is 24.4. The molecule has 0 saturated heterocycles. The van der Waals surface area contributed by atoms with Crippen LogP contribution in [0, 0.1) is 45.3 Å². The summed E-state index contributed by atoms with van der Waals surface area (Å²) in [6, 6.07) is 11.3. The van der Waals surface area contributed by atoms with Gasteiger partial charge in [0.15, 0.2) is 5.41 Å². The van der Waals surface area contributed by atoms with Crippen LogP contribution in [0.3, 0.4) is 0 Å². The highest BCUT2D eigenvalue weighted by Crippen LogP contribution is 2.56. The molecular weight excluding hydrogens is 375 g/mol. The van der Waals surface area contributed by atoms with Gasteiger partial charge in [-0.15, -0.1) is 0 Å². The van der Waals surface area contributed by atoms with Gasteiger partial charge in [0.25, 0.3) is 0 Å². The molecular formula is C18H12Cl2N4S. The number of allylic oxidation sites excluding steroid dienone is 3. The fourth-order valence-corrected chi connectivity index (χ4v) is 5.17. The van der Waals surface area contributed by atoms with Crippen LogP contribution in [0.1, 0.15) is 11.5 Å². The van der Waals surface area contributed by atoms with E-state index in [1.54, 1.807) is 30.0 Å². The Morgan fingerprint density at radius 2 is 1.92 bits per heavy atom. The number of nitriles is 3. The van der Waals surface area contributed by atoms with Crippen molar-refractivity contribution in [1.82, 2.24) is 0 Å². The Labute approximate surface area is 160 Å². The molecule has 0 unspecified atom stereocenters. The highest BCUT2D eigenvalue weighted by atomic mass is 35.5. The van der Waals surface area contributed by atoms with Gasteiger partial charge in [-0.2, -0.15) is 27.5 Å². The van der Waals surface area contributed by atoms with Crippen molar-refractivity contribution in [2.24, 2.45) is 17.1 Å². The number of nitrogens with zero attached hydrogens (tertiary/aromatic N) is 3. The van der Waals surface area contributed by atoms with E-state index in [1.807, 2.05) is 6.08 Å². The van der Waals surface area contributed by atoms with E-state index in [0.29, 0.717) is 21.4 Å². The minimum absolute atomic E-state index is 0.00502. The van der Waals surface area contributed by atoms with Crippen molar-refractivity contribution >= 4 is 35.0 Å². The third kappa shape index (κ3) is 2.59. The molecule has 25 heavy (non-hydrogen) atoms. The molecule has 1 aromatic rings. The van der Waals surface area contributed by atoms with Crippen LogP contribution in [0.25, 0.3) is 0 Å². The molecule has 124 valence electrons. The Kier molecular flexibility index (Phi) is 4.72. The zero-order valence-electron chi connectivity index (χ0n) is 13.0. The van der Waals surface area contributed by atoms with Crippen LogP contribution >= 0.6 is 35.0 Å². The van der Waals surface area contributed by atoms with Gasteiger partial charge in [-0.1, -0.05) is 35.3 Å². The summed E-state index contributed by atoms with van der Waals surface area (Å²) >= 11 is 14.1. The summed E-state index contributed by atoms with van der Waals surface area (Å²) in [5, 5.41) is 30.2. The summed E-state index contributed by atoms with van der Waals surface area (Å²) in [7, 11) is 0. The van der Waals surface area contributed by atoms with E-state index in [1.165, 1.54) is 0 Å². The molecule has 7 heteroatoms. The fourth-order valence-electron chi connectivity index (χ4n) is 3.58. The van der Waals surface area contributed by atoms with Gasteiger partial charge < -0.3 is 5.73 Å². The van der Waals surface area contributed by atoms with Crippen LogP contribution in [0.4, 0.5) is 0 Å². The maximum atomic E-state index is 9.90. The predicted octanol–water partition coefficient (Wildman–Crippen LogP) is 4.15. The lowest BCUT2D eigenvalue weighted by Gasteiger charge is -2.43. The van der Waals surface area contributed by atoms with Gasteiger partial charge in [0.05, 0.1) is 23.4 Å². The first-order chi connectivity index (χ1) is 12.0. The van der Waals surface area contributed by atoms with Crippen LogP contribution < -0.4 is 5.73 Å². The van der Waals surface area contributed by atoms with E-state index in [2.05, 4.69) is 18.2 Å². The van der Waals surface area contributed by atoms with Crippen molar-refractivity contribution < 1.29 is 0 Å². The SMILES string of the molecule is N#CC1=C(N)C(C#N)(C#N)[C@@H](c2ccc(Cl)cc2Cl)[C@H]2CSCC=C12. The molecule has 2 aliphatic rings.